The van der Waals surface area contributed by atoms with Crippen LogP contribution in [-0.4, -0.2) is 50.7 Å². The van der Waals surface area contributed by atoms with E-state index in [2.05, 4.69) is 10.6 Å². The van der Waals surface area contributed by atoms with Crippen molar-refractivity contribution in [2.45, 2.75) is 19.2 Å². The van der Waals surface area contributed by atoms with Gasteiger partial charge < -0.3 is 20.3 Å². The second-order valence-electron chi connectivity index (χ2n) is 5.44. The van der Waals surface area contributed by atoms with Gasteiger partial charge in [0.1, 0.15) is 11.9 Å². The van der Waals surface area contributed by atoms with E-state index in [1.165, 1.54) is 6.07 Å². The lowest BCUT2D eigenvalue weighted by Crippen LogP contribution is -2.47. The summed E-state index contributed by atoms with van der Waals surface area (Å²) in [5.74, 6) is -0.362. The number of nitrogens with one attached hydrogen (secondary N) is 2. The summed E-state index contributed by atoms with van der Waals surface area (Å²) in [5.41, 5.74) is 1.51. The molecule has 0 saturated carbocycles. The van der Waals surface area contributed by atoms with Crippen molar-refractivity contribution in [1.29, 1.82) is 0 Å². The third-order valence-electron chi connectivity index (χ3n) is 3.28. The molecule has 1 aromatic rings. The number of hydrogen-bond acceptors (Lipinski definition) is 4. The summed E-state index contributed by atoms with van der Waals surface area (Å²) in [7, 11) is 3.78. The fraction of sp³-hybridized carbons (Fsp3) is 0.533. The van der Waals surface area contributed by atoms with E-state index in [4.69, 9.17) is 4.74 Å². The molecule has 1 fully saturated rings. The SMILES string of the molecule is CN(C)Cc1cc(CNC(=O)C2CNCCO2)ccc1F. The molecular formula is C15H22FN3O2. The zero-order valence-electron chi connectivity index (χ0n) is 12.5. The molecular weight excluding hydrogens is 273 g/mol. The Morgan fingerprint density at radius 2 is 2.33 bits per heavy atom. The highest BCUT2D eigenvalue weighted by atomic mass is 19.1. The lowest BCUT2D eigenvalue weighted by Gasteiger charge is -2.22. The van der Waals surface area contributed by atoms with E-state index in [0.717, 1.165) is 12.1 Å². The van der Waals surface area contributed by atoms with Gasteiger partial charge in [-0.25, -0.2) is 4.39 Å². The molecule has 6 heteroatoms. The summed E-state index contributed by atoms with van der Waals surface area (Å²) in [6.07, 6.45) is -0.444. The maximum absolute atomic E-state index is 13.7. The second-order valence-corrected chi connectivity index (χ2v) is 5.44. The standard InChI is InChI=1S/C15H22FN3O2/c1-19(2)10-12-7-11(3-4-13(12)16)8-18-15(20)14-9-17-5-6-21-14/h3-4,7,14,17H,5-6,8-10H2,1-2H3,(H,18,20). The summed E-state index contributed by atoms with van der Waals surface area (Å²) in [6, 6.07) is 4.92. The molecule has 116 valence electrons. The Bertz CT molecular complexity index is 488. The number of hydrogen-bond donors (Lipinski definition) is 2. The van der Waals surface area contributed by atoms with Gasteiger partial charge in [0.05, 0.1) is 6.61 Å². The molecule has 5 nitrogen and oxygen atoms in total. The van der Waals surface area contributed by atoms with Gasteiger partial charge in [0.2, 0.25) is 0 Å². The summed E-state index contributed by atoms with van der Waals surface area (Å²) >= 11 is 0. The molecule has 1 aliphatic rings. The monoisotopic (exact) mass is 295 g/mol. The Balaban J connectivity index is 1.91. The van der Waals surface area contributed by atoms with Crippen molar-refractivity contribution in [3.05, 3.63) is 35.1 Å². The number of morpholine rings is 1. The first-order chi connectivity index (χ1) is 10.1. The molecule has 1 amide bonds. The molecule has 1 aromatic carbocycles. The van der Waals surface area contributed by atoms with Crippen molar-refractivity contribution < 1.29 is 13.9 Å². The Morgan fingerprint density at radius 3 is 3.00 bits per heavy atom. The topological polar surface area (TPSA) is 53.6 Å². The number of ether oxygens (including phenoxy) is 1. The van der Waals surface area contributed by atoms with E-state index in [9.17, 15) is 9.18 Å². The van der Waals surface area contributed by atoms with Gasteiger partial charge in [-0.2, -0.15) is 0 Å². The molecule has 1 unspecified atom stereocenters. The Morgan fingerprint density at radius 1 is 1.52 bits per heavy atom. The first-order valence-electron chi connectivity index (χ1n) is 7.08. The van der Waals surface area contributed by atoms with E-state index in [0.29, 0.717) is 31.8 Å². The molecule has 1 saturated heterocycles. The Labute approximate surface area is 124 Å². The number of benzene rings is 1. The molecule has 1 heterocycles. The van der Waals surface area contributed by atoms with Gasteiger partial charge in [-0.15, -0.1) is 0 Å². The van der Waals surface area contributed by atoms with Crippen molar-refractivity contribution >= 4 is 5.91 Å². The van der Waals surface area contributed by atoms with Crippen LogP contribution in [0.4, 0.5) is 4.39 Å². The third kappa shape index (κ3) is 4.77. The quantitative estimate of drug-likeness (QED) is 0.830. The zero-order chi connectivity index (χ0) is 15.2. The third-order valence-corrected chi connectivity index (χ3v) is 3.28. The maximum atomic E-state index is 13.7. The average molecular weight is 295 g/mol. The molecule has 2 rings (SSSR count). The molecule has 1 aliphatic heterocycles. The van der Waals surface area contributed by atoms with E-state index < -0.39 is 6.10 Å². The molecule has 0 aromatic heterocycles. The van der Waals surface area contributed by atoms with Crippen molar-refractivity contribution in [3.63, 3.8) is 0 Å². The van der Waals surface area contributed by atoms with Crippen LogP contribution in [0, 0.1) is 5.82 Å². The lowest BCUT2D eigenvalue weighted by molar-refractivity contribution is -0.134. The highest BCUT2D eigenvalue weighted by molar-refractivity contribution is 5.81. The van der Waals surface area contributed by atoms with Crippen LogP contribution in [0.5, 0.6) is 0 Å². The summed E-state index contributed by atoms with van der Waals surface area (Å²) < 4.78 is 19.1. The van der Waals surface area contributed by atoms with Crippen LogP contribution in [0.25, 0.3) is 0 Å². The average Bonchev–Trinajstić information content (AvgIpc) is 2.48. The van der Waals surface area contributed by atoms with Crippen LogP contribution < -0.4 is 10.6 Å². The molecule has 0 bridgehead atoms. The highest BCUT2D eigenvalue weighted by Crippen LogP contribution is 2.12. The summed E-state index contributed by atoms with van der Waals surface area (Å²) in [6.45, 7) is 2.75. The molecule has 0 aliphatic carbocycles. The molecule has 1 atom stereocenters. The van der Waals surface area contributed by atoms with Gasteiger partial charge >= 0.3 is 0 Å². The molecule has 0 radical (unpaired) electrons. The summed E-state index contributed by atoms with van der Waals surface area (Å²) in [5, 5.41) is 5.94. The minimum absolute atomic E-state index is 0.138. The van der Waals surface area contributed by atoms with Crippen LogP contribution in [0.2, 0.25) is 0 Å². The van der Waals surface area contributed by atoms with Crippen LogP contribution in [-0.2, 0) is 22.6 Å². The fourth-order valence-electron chi connectivity index (χ4n) is 2.24. The number of halogens is 1. The van der Waals surface area contributed by atoms with Crippen molar-refractivity contribution in [2.75, 3.05) is 33.8 Å². The van der Waals surface area contributed by atoms with E-state index >= 15 is 0 Å². The number of amides is 1. The van der Waals surface area contributed by atoms with E-state index in [-0.39, 0.29) is 11.7 Å². The van der Waals surface area contributed by atoms with Crippen LogP contribution >= 0.6 is 0 Å². The van der Waals surface area contributed by atoms with Gasteiger partial charge in [-0.1, -0.05) is 6.07 Å². The molecule has 21 heavy (non-hydrogen) atoms. The van der Waals surface area contributed by atoms with Crippen molar-refractivity contribution in [2.24, 2.45) is 0 Å². The van der Waals surface area contributed by atoms with Crippen molar-refractivity contribution in [3.8, 4) is 0 Å². The number of nitrogens with zero attached hydrogens (tertiary/aromatic N) is 1. The number of rotatable bonds is 5. The van der Waals surface area contributed by atoms with Crippen molar-refractivity contribution in [1.82, 2.24) is 15.5 Å². The molecule has 0 spiro atoms. The van der Waals surface area contributed by atoms with Gasteiger partial charge in [0.25, 0.3) is 5.91 Å². The fourth-order valence-corrected chi connectivity index (χ4v) is 2.24. The minimum atomic E-state index is -0.444. The smallest absolute Gasteiger partial charge is 0.250 e. The normalized spacial score (nSPS) is 18.8. The van der Waals surface area contributed by atoms with Crippen LogP contribution in [0.3, 0.4) is 0 Å². The summed E-state index contributed by atoms with van der Waals surface area (Å²) in [4.78, 5) is 13.8. The van der Waals surface area contributed by atoms with Gasteiger partial charge in [-0.3, -0.25) is 4.79 Å². The zero-order valence-corrected chi connectivity index (χ0v) is 12.5. The predicted molar refractivity (Wildman–Crippen MR) is 78.2 cm³/mol. The second kappa shape index (κ2) is 7.49. The lowest BCUT2D eigenvalue weighted by atomic mass is 10.1. The van der Waals surface area contributed by atoms with Gasteiger partial charge in [0.15, 0.2) is 0 Å². The predicted octanol–water partition coefficient (Wildman–Crippen LogP) is 0.492. The largest absolute Gasteiger partial charge is 0.366 e. The highest BCUT2D eigenvalue weighted by Gasteiger charge is 2.21. The van der Waals surface area contributed by atoms with E-state index in [1.54, 1.807) is 12.1 Å². The Kier molecular flexibility index (Phi) is 5.67. The minimum Gasteiger partial charge on any atom is -0.366 e. The Hall–Kier alpha value is -1.50. The van der Waals surface area contributed by atoms with Crippen LogP contribution in [0.15, 0.2) is 18.2 Å². The number of carbonyl (C=O) groups is 1. The first kappa shape index (κ1) is 15.9. The maximum Gasteiger partial charge on any atom is 0.250 e. The van der Waals surface area contributed by atoms with Gasteiger partial charge in [-0.05, 0) is 31.8 Å². The first-order valence-corrected chi connectivity index (χ1v) is 7.08. The molecule has 2 N–H and O–H groups in total. The number of carbonyl (C=O) groups excluding carboxylic acids is 1. The van der Waals surface area contributed by atoms with Crippen LogP contribution in [0.1, 0.15) is 11.1 Å². The van der Waals surface area contributed by atoms with Gasteiger partial charge in [0, 0.05) is 31.7 Å². The van der Waals surface area contributed by atoms with E-state index in [1.807, 2.05) is 19.0 Å².